The van der Waals surface area contributed by atoms with Crippen molar-refractivity contribution >= 4 is 17.5 Å². The summed E-state index contributed by atoms with van der Waals surface area (Å²) in [7, 11) is 0. The van der Waals surface area contributed by atoms with Gasteiger partial charge in [0.1, 0.15) is 5.78 Å². The molecule has 0 aromatic heterocycles. The molecule has 1 aliphatic rings. The fourth-order valence-corrected chi connectivity index (χ4v) is 1.95. The van der Waals surface area contributed by atoms with E-state index in [9.17, 15) is 27.6 Å². The SMILES string of the molecule is CCOC(=O)[C@@H]1CCC(=O)[C@H](C(=O)C(F)(F)F)C1. The molecule has 0 heterocycles. The van der Waals surface area contributed by atoms with Gasteiger partial charge in [0.25, 0.3) is 0 Å². The Labute approximate surface area is 101 Å². The van der Waals surface area contributed by atoms with Gasteiger partial charge >= 0.3 is 12.1 Å². The topological polar surface area (TPSA) is 60.4 Å². The minimum atomic E-state index is -5.04. The second-order valence-corrected chi connectivity index (χ2v) is 4.10. The number of hydrogen-bond acceptors (Lipinski definition) is 4. The van der Waals surface area contributed by atoms with Crippen LogP contribution in [0, 0.1) is 11.8 Å². The van der Waals surface area contributed by atoms with Crippen molar-refractivity contribution in [3.05, 3.63) is 0 Å². The fourth-order valence-electron chi connectivity index (χ4n) is 1.95. The van der Waals surface area contributed by atoms with Crippen LogP contribution in [0.3, 0.4) is 0 Å². The van der Waals surface area contributed by atoms with Crippen LogP contribution >= 0.6 is 0 Å². The molecular formula is C11H13F3O4. The Hall–Kier alpha value is -1.40. The Morgan fingerprint density at radius 3 is 2.50 bits per heavy atom. The number of carbonyl (C=O) groups excluding carboxylic acids is 3. The molecule has 0 aromatic carbocycles. The Balaban J connectivity index is 2.76. The monoisotopic (exact) mass is 266 g/mol. The number of rotatable bonds is 3. The zero-order chi connectivity index (χ0) is 13.9. The van der Waals surface area contributed by atoms with E-state index < -0.39 is 42.0 Å². The molecule has 1 saturated carbocycles. The van der Waals surface area contributed by atoms with Crippen LogP contribution in [0.25, 0.3) is 0 Å². The van der Waals surface area contributed by atoms with Crippen molar-refractivity contribution in [3.8, 4) is 0 Å². The van der Waals surface area contributed by atoms with Crippen molar-refractivity contribution < 1.29 is 32.3 Å². The van der Waals surface area contributed by atoms with Gasteiger partial charge in [-0.2, -0.15) is 13.2 Å². The molecule has 7 heteroatoms. The number of ketones is 2. The first-order valence-corrected chi connectivity index (χ1v) is 5.57. The van der Waals surface area contributed by atoms with Crippen LogP contribution in [0.15, 0.2) is 0 Å². The third-order valence-corrected chi connectivity index (χ3v) is 2.86. The molecule has 0 spiro atoms. The lowest BCUT2D eigenvalue weighted by Crippen LogP contribution is -2.40. The molecule has 0 amide bonds. The predicted octanol–water partition coefficient (Wildman–Crippen LogP) is 1.67. The number of hydrogen-bond donors (Lipinski definition) is 0. The van der Waals surface area contributed by atoms with Crippen molar-refractivity contribution in [2.45, 2.75) is 32.4 Å². The van der Waals surface area contributed by atoms with Gasteiger partial charge in [0, 0.05) is 6.42 Å². The molecule has 0 bridgehead atoms. The van der Waals surface area contributed by atoms with Gasteiger partial charge in [0.2, 0.25) is 5.78 Å². The lowest BCUT2D eigenvalue weighted by atomic mass is 9.78. The van der Waals surface area contributed by atoms with E-state index in [1.165, 1.54) is 0 Å². The zero-order valence-corrected chi connectivity index (χ0v) is 9.75. The van der Waals surface area contributed by atoms with Crippen LogP contribution in [0.2, 0.25) is 0 Å². The molecule has 102 valence electrons. The highest BCUT2D eigenvalue weighted by atomic mass is 19.4. The molecule has 0 N–H and O–H groups in total. The van der Waals surface area contributed by atoms with E-state index in [4.69, 9.17) is 0 Å². The van der Waals surface area contributed by atoms with E-state index in [0.29, 0.717) is 0 Å². The number of halogens is 3. The Morgan fingerprint density at radius 2 is 2.00 bits per heavy atom. The summed E-state index contributed by atoms with van der Waals surface area (Å²) in [4.78, 5) is 33.8. The second kappa shape index (κ2) is 5.49. The van der Waals surface area contributed by atoms with Crippen molar-refractivity contribution in [3.63, 3.8) is 0 Å². The molecule has 0 aliphatic heterocycles. The van der Waals surface area contributed by atoms with Crippen LogP contribution < -0.4 is 0 Å². The van der Waals surface area contributed by atoms with Crippen LogP contribution in [-0.4, -0.2) is 30.3 Å². The first-order chi connectivity index (χ1) is 8.27. The smallest absolute Gasteiger partial charge is 0.450 e. The first-order valence-electron chi connectivity index (χ1n) is 5.57. The standard InChI is InChI=1S/C11H13F3O4/c1-2-18-10(17)6-3-4-8(15)7(5-6)9(16)11(12,13)14/h6-7H,2-5H2,1H3/t6-,7-/m1/s1. The van der Waals surface area contributed by atoms with Gasteiger partial charge in [-0.25, -0.2) is 0 Å². The third kappa shape index (κ3) is 3.30. The van der Waals surface area contributed by atoms with Crippen LogP contribution in [-0.2, 0) is 19.1 Å². The highest BCUT2D eigenvalue weighted by molar-refractivity contribution is 6.05. The second-order valence-electron chi connectivity index (χ2n) is 4.10. The summed E-state index contributed by atoms with van der Waals surface area (Å²) in [5.41, 5.74) is 0. The molecule has 1 rings (SSSR count). The maximum Gasteiger partial charge on any atom is 0.450 e. The largest absolute Gasteiger partial charge is 0.466 e. The van der Waals surface area contributed by atoms with E-state index in [1.807, 2.05) is 0 Å². The average Bonchev–Trinajstić information content (AvgIpc) is 2.27. The predicted molar refractivity (Wildman–Crippen MR) is 53.5 cm³/mol. The normalized spacial score (nSPS) is 24.8. The summed E-state index contributed by atoms with van der Waals surface area (Å²) in [6.07, 6.45) is -5.51. The number of Topliss-reactive ketones (excluding diaryl/α,β-unsaturated/α-hetero) is 2. The average molecular weight is 266 g/mol. The minimum absolute atomic E-state index is 0.112. The summed E-state index contributed by atoms with van der Waals surface area (Å²) >= 11 is 0. The molecule has 0 saturated heterocycles. The van der Waals surface area contributed by atoms with Crippen LogP contribution in [0.4, 0.5) is 13.2 Å². The number of esters is 1. The van der Waals surface area contributed by atoms with Gasteiger partial charge in [-0.15, -0.1) is 0 Å². The highest BCUT2D eigenvalue weighted by Gasteiger charge is 2.48. The summed E-state index contributed by atoms with van der Waals surface area (Å²) in [6.45, 7) is 1.69. The van der Waals surface area contributed by atoms with Crippen LogP contribution in [0.5, 0.6) is 0 Å². The fraction of sp³-hybridized carbons (Fsp3) is 0.727. The lowest BCUT2D eigenvalue weighted by molar-refractivity contribution is -0.178. The third-order valence-electron chi connectivity index (χ3n) is 2.86. The molecule has 2 atom stereocenters. The van der Waals surface area contributed by atoms with Crippen molar-refractivity contribution in [2.75, 3.05) is 6.61 Å². The van der Waals surface area contributed by atoms with Gasteiger partial charge in [-0.05, 0) is 19.8 Å². The van der Waals surface area contributed by atoms with Gasteiger partial charge < -0.3 is 4.74 Å². The first kappa shape index (κ1) is 14.7. The van der Waals surface area contributed by atoms with E-state index >= 15 is 0 Å². The Morgan fingerprint density at radius 1 is 1.39 bits per heavy atom. The van der Waals surface area contributed by atoms with Gasteiger partial charge in [-0.1, -0.05) is 0 Å². The molecule has 1 aliphatic carbocycles. The highest BCUT2D eigenvalue weighted by Crippen LogP contribution is 2.32. The van der Waals surface area contributed by atoms with E-state index in [0.717, 1.165) is 0 Å². The van der Waals surface area contributed by atoms with Crippen molar-refractivity contribution in [1.82, 2.24) is 0 Å². The molecule has 1 fully saturated rings. The Kier molecular flexibility index (Phi) is 4.48. The molecule has 18 heavy (non-hydrogen) atoms. The van der Waals surface area contributed by atoms with Gasteiger partial charge in [0.05, 0.1) is 18.4 Å². The summed E-state index contributed by atoms with van der Waals surface area (Å²) in [5.74, 6) is -6.03. The van der Waals surface area contributed by atoms with Gasteiger partial charge in [0.15, 0.2) is 0 Å². The molecular weight excluding hydrogens is 253 g/mol. The molecule has 0 aromatic rings. The number of carbonyl (C=O) groups is 3. The van der Waals surface area contributed by atoms with Crippen molar-refractivity contribution in [2.24, 2.45) is 11.8 Å². The summed E-state index contributed by atoms with van der Waals surface area (Å²) < 4.78 is 41.5. The van der Waals surface area contributed by atoms with E-state index in [-0.39, 0.29) is 19.4 Å². The molecule has 0 radical (unpaired) electrons. The van der Waals surface area contributed by atoms with Crippen LogP contribution in [0.1, 0.15) is 26.2 Å². The van der Waals surface area contributed by atoms with E-state index in [2.05, 4.69) is 4.74 Å². The lowest BCUT2D eigenvalue weighted by Gasteiger charge is -2.26. The number of alkyl halides is 3. The summed E-state index contributed by atoms with van der Waals surface area (Å²) in [5, 5.41) is 0. The van der Waals surface area contributed by atoms with Crippen molar-refractivity contribution in [1.29, 1.82) is 0 Å². The minimum Gasteiger partial charge on any atom is -0.466 e. The maximum atomic E-state index is 12.3. The van der Waals surface area contributed by atoms with E-state index in [1.54, 1.807) is 6.92 Å². The molecule has 0 unspecified atom stereocenters. The quantitative estimate of drug-likeness (QED) is 0.576. The Bertz CT molecular complexity index is 362. The zero-order valence-electron chi connectivity index (χ0n) is 9.75. The number of ether oxygens (including phenoxy) is 1. The van der Waals surface area contributed by atoms with Gasteiger partial charge in [-0.3, -0.25) is 14.4 Å². The maximum absolute atomic E-state index is 12.3. The molecule has 4 nitrogen and oxygen atoms in total. The summed E-state index contributed by atoms with van der Waals surface area (Å²) in [6, 6.07) is 0.